The van der Waals surface area contributed by atoms with Gasteiger partial charge in [0.25, 0.3) is 0 Å². The second-order valence-corrected chi connectivity index (χ2v) is 3.71. The van der Waals surface area contributed by atoms with Crippen LogP contribution in [0.15, 0.2) is 41.1 Å². The van der Waals surface area contributed by atoms with Gasteiger partial charge in [-0.15, -0.1) is 0 Å². The predicted molar refractivity (Wildman–Crippen MR) is 63.9 cm³/mol. The van der Waals surface area contributed by atoms with Crippen LogP contribution in [0.1, 0.15) is 0 Å². The van der Waals surface area contributed by atoms with E-state index >= 15 is 0 Å². The maximum atomic E-state index is 5.64. The van der Waals surface area contributed by atoms with Crippen LogP contribution in [0, 0.1) is 0 Å². The lowest BCUT2D eigenvalue weighted by Gasteiger charge is -2.07. The SMILES string of the molecule is Nc1ncnc(Nc2ccccc2)c1Br. The van der Waals surface area contributed by atoms with E-state index in [0.717, 1.165) is 5.69 Å². The van der Waals surface area contributed by atoms with Gasteiger partial charge in [-0.05, 0) is 28.1 Å². The minimum Gasteiger partial charge on any atom is -0.383 e. The summed E-state index contributed by atoms with van der Waals surface area (Å²) in [4.78, 5) is 7.95. The molecule has 0 aliphatic carbocycles. The number of nitrogens with two attached hydrogens (primary N) is 1. The van der Waals surface area contributed by atoms with Gasteiger partial charge in [-0.25, -0.2) is 9.97 Å². The minimum absolute atomic E-state index is 0.420. The van der Waals surface area contributed by atoms with E-state index in [1.807, 2.05) is 30.3 Å². The molecule has 0 amide bonds. The van der Waals surface area contributed by atoms with E-state index in [0.29, 0.717) is 16.1 Å². The van der Waals surface area contributed by atoms with Gasteiger partial charge in [-0.2, -0.15) is 0 Å². The van der Waals surface area contributed by atoms with Crippen molar-refractivity contribution in [2.75, 3.05) is 11.1 Å². The van der Waals surface area contributed by atoms with Crippen molar-refractivity contribution in [1.29, 1.82) is 0 Å². The van der Waals surface area contributed by atoms with E-state index in [9.17, 15) is 0 Å². The summed E-state index contributed by atoms with van der Waals surface area (Å²) in [5.74, 6) is 1.08. The van der Waals surface area contributed by atoms with Gasteiger partial charge in [0, 0.05) is 5.69 Å². The molecule has 0 unspecified atom stereocenters. The van der Waals surface area contributed by atoms with Crippen molar-refractivity contribution in [3.05, 3.63) is 41.1 Å². The molecule has 0 bridgehead atoms. The number of halogens is 1. The van der Waals surface area contributed by atoms with E-state index in [-0.39, 0.29) is 0 Å². The number of aromatic nitrogens is 2. The number of hydrogen-bond donors (Lipinski definition) is 2. The molecule has 0 radical (unpaired) electrons. The Balaban J connectivity index is 2.29. The number of nitrogens with one attached hydrogen (secondary N) is 1. The monoisotopic (exact) mass is 264 g/mol. The molecule has 1 heterocycles. The van der Waals surface area contributed by atoms with E-state index in [2.05, 4.69) is 31.2 Å². The van der Waals surface area contributed by atoms with E-state index < -0.39 is 0 Å². The lowest BCUT2D eigenvalue weighted by Crippen LogP contribution is -1.99. The van der Waals surface area contributed by atoms with Crippen LogP contribution in [0.4, 0.5) is 17.3 Å². The third-order valence-electron chi connectivity index (χ3n) is 1.85. The summed E-state index contributed by atoms with van der Waals surface area (Å²) >= 11 is 3.33. The highest BCUT2D eigenvalue weighted by atomic mass is 79.9. The Morgan fingerprint density at radius 3 is 2.60 bits per heavy atom. The van der Waals surface area contributed by atoms with E-state index in [4.69, 9.17) is 5.73 Å². The molecule has 1 aromatic carbocycles. The van der Waals surface area contributed by atoms with Gasteiger partial charge in [0.2, 0.25) is 0 Å². The molecular weight excluding hydrogens is 256 g/mol. The molecular formula is C10H9BrN4. The molecule has 2 aromatic rings. The predicted octanol–water partition coefficient (Wildman–Crippen LogP) is 2.56. The van der Waals surface area contributed by atoms with Gasteiger partial charge in [0.1, 0.15) is 22.4 Å². The first-order chi connectivity index (χ1) is 7.27. The van der Waals surface area contributed by atoms with Crippen LogP contribution in [-0.2, 0) is 0 Å². The fourth-order valence-corrected chi connectivity index (χ4v) is 1.43. The quantitative estimate of drug-likeness (QED) is 0.875. The molecule has 5 heteroatoms. The normalized spacial score (nSPS) is 9.93. The van der Waals surface area contributed by atoms with Gasteiger partial charge in [0.05, 0.1) is 0 Å². The van der Waals surface area contributed by atoms with E-state index in [1.165, 1.54) is 6.33 Å². The van der Waals surface area contributed by atoms with Crippen LogP contribution >= 0.6 is 15.9 Å². The van der Waals surface area contributed by atoms with Crippen molar-refractivity contribution in [1.82, 2.24) is 9.97 Å². The highest BCUT2D eigenvalue weighted by Gasteiger charge is 2.05. The Hall–Kier alpha value is -1.62. The molecule has 0 saturated carbocycles. The molecule has 0 atom stereocenters. The second-order valence-electron chi connectivity index (χ2n) is 2.91. The van der Waals surface area contributed by atoms with Gasteiger partial charge in [-0.3, -0.25) is 0 Å². The molecule has 1 aromatic heterocycles. The lowest BCUT2D eigenvalue weighted by atomic mass is 10.3. The third-order valence-corrected chi connectivity index (χ3v) is 2.63. The van der Waals surface area contributed by atoms with Crippen molar-refractivity contribution in [3.8, 4) is 0 Å². The van der Waals surface area contributed by atoms with Crippen molar-refractivity contribution < 1.29 is 0 Å². The Bertz CT molecular complexity index is 458. The highest BCUT2D eigenvalue weighted by molar-refractivity contribution is 9.10. The summed E-state index contributed by atoms with van der Waals surface area (Å²) in [6.45, 7) is 0. The first-order valence-electron chi connectivity index (χ1n) is 4.35. The van der Waals surface area contributed by atoms with Gasteiger partial charge in [0.15, 0.2) is 0 Å². The molecule has 0 aliphatic heterocycles. The Morgan fingerprint density at radius 2 is 1.87 bits per heavy atom. The van der Waals surface area contributed by atoms with Crippen LogP contribution in [0.5, 0.6) is 0 Å². The number of hydrogen-bond acceptors (Lipinski definition) is 4. The maximum absolute atomic E-state index is 5.64. The van der Waals surface area contributed by atoms with Gasteiger partial charge >= 0.3 is 0 Å². The fourth-order valence-electron chi connectivity index (χ4n) is 1.13. The fraction of sp³-hybridized carbons (Fsp3) is 0. The largest absolute Gasteiger partial charge is 0.383 e. The highest BCUT2D eigenvalue weighted by Crippen LogP contribution is 2.26. The molecule has 2 rings (SSSR count). The average molecular weight is 265 g/mol. The molecule has 0 aliphatic rings. The molecule has 0 fully saturated rings. The van der Waals surface area contributed by atoms with Crippen LogP contribution in [0.2, 0.25) is 0 Å². The van der Waals surface area contributed by atoms with Crippen LogP contribution < -0.4 is 11.1 Å². The Kier molecular flexibility index (Phi) is 2.82. The van der Waals surface area contributed by atoms with Crippen LogP contribution in [0.3, 0.4) is 0 Å². The summed E-state index contributed by atoms with van der Waals surface area (Å²) < 4.78 is 0.675. The van der Waals surface area contributed by atoms with Gasteiger partial charge in [-0.1, -0.05) is 18.2 Å². The van der Waals surface area contributed by atoms with Crippen LogP contribution in [-0.4, -0.2) is 9.97 Å². The maximum Gasteiger partial charge on any atom is 0.150 e. The minimum atomic E-state index is 0.420. The lowest BCUT2D eigenvalue weighted by molar-refractivity contribution is 1.16. The summed E-state index contributed by atoms with van der Waals surface area (Å²) in [5.41, 5.74) is 6.59. The number of para-hydroxylation sites is 1. The van der Waals surface area contributed by atoms with Crippen molar-refractivity contribution in [3.63, 3.8) is 0 Å². The molecule has 0 saturated heterocycles. The average Bonchev–Trinajstić information content (AvgIpc) is 2.26. The summed E-state index contributed by atoms with van der Waals surface area (Å²) in [6, 6.07) is 9.74. The zero-order chi connectivity index (χ0) is 10.7. The Labute approximate surface area is 95.7 Å². The zero-order valence-corrected chi connectivity index (χ0v) is 9.40. The summed E-state index contributed by atoms with van der Waals surface area (Å²) in [5, 5.41) is 3.14. The summed E-state index contributed by atoms with van der Waals surface area (Å²) in [7, 11) is 0. The first kappa shape index (κ1) is 9.92. The number of nitrogens with zero attached hydrogens (tertiary/aromatic N) is 2. The van der Waals surface area contributed by atoms with Gasteiger partial charge < -0.3 is 11.1 Å². The smallest absolute Gasteiger partial charge is 0.150 e. The first-order valence-corrected chi connectivity index (χ1v) is 5.14. The molecule has 0 spiro atoms. The number of rotatable bonds is 2. The molecule has 4 nitrogen and oxygen atoms in total. The molecule has 76 valence electrons. The number of anilines is 3. The molecule has 3 N–H and O–H groups in total. The third kappa shape index (κ3) is 2.24. The number of nitrogen functional groups attached to an aromatic ring is 1. The van der Waals surface area contributed by atoms with Crippen molar-refractivity contribution in [2.45, 2.75) is 0 Å². The van der Waals surface area contributed by atoms with E-state index in [1.54, 1.807) is 0 Å². The van der Waals surface area contributed by atoms with Crippen molar-refractivity contribution >= 4 is 33.3 Å². The van der Waals surface area contributed by atoms with Crippen molar-refractivity contribution in [2.24, 2.45) is 0 Å². The molecule has 15 heavy (non-hydrogen) atoms. The number of benzene rings is 1. The second kappa shape index (κ2) is 4.27. The summed E-state index contributed by atoms with van der Waals surface area (Å²) in [6.07, 6.45) is 1.42. The van der Waals surface area contributed by atoms with Crippen LogP contribution in [0.25, 0.3) is 0 Å². The Morgan fingerprint density at radius 1 is 1.13 bits per heavy atom. The standard InChI is InChI=1S/C10H9BrN4/c11-8-9(12)13-6-14-10(8)15-7-4-2-1-3-5-7/h1-6H,(H3,12,13,14,15). The zero-order valence-electron chi connectivity index (χ0n) is 7.81. The topological polar surface area (TPSA) is 63.8 Å².